The Balaban J connectivity index is 1.68. The third kappa shape index (κ3) is 3.05. The van der Waals surface area contributed by atoms with Crippen LogP contribution in [0.25, 0.3) is 11.2 Å². The van der Waals surface area contributed by atoms with E-state index in [0.717, 1.165) is 5.75 Å². The molecule has 0 aliphatic carbocycles. The highest BCUT2D eigenvalue weighted by Gasteiger charge is 2.08. The zero-order valence-corrected chi connectivity index (χ0v) is 11.6. The van der Waals surface area contributed by atoms with Gasteiger partial charge in [0.2, 0.25) is 11.6 Å². The minimum atomic E-state index is 0.226. The van der Waals surface area contributed by atoms with Gasteiger partial charge in [-0.2, -0.15) is 0 Å². The maximum Gasteiger partial charge on any atom is 0.247 e. The van der Waals surface area contributed by atoms with Gasteiger partial charge in [-0.15, -0.1) is 0 Å². The molecule has 0 atom stereocenters. The van der Waals surface area contributed by atoms with Crippen LogP contribution in [0.4, 0.5) is 5.69 Å². The smallest absolute Gasteiger partial charge is 0.247 e. The molecule has 0 amide bonds. The Hall–Kier alpha value is -2.76. The molecule has 108 valence electrons. The minimum absolute atomic E-state index is 0.226. The summed E-state index contributed by atoms with van der Waals surface area (Å²) in [5.74, 6) is 1.98. The molecule has 2 N–H and O–H groups in total. The summed E-state index contributed by atoms with van der Waals surface area (Å²) in [5.41, 5.74) is 7.28. The van der Waals surface area contributed by atoms with Crippen molar-refractivity contribution in [2.45, 2.75) is 13.5 Å². The Morgan fingerprint density at radius 3 is 2.57 bits per heavy atom. The van der Waals surface area contributed by atoms with E-state index in [9.17, 15) is 0 Å². The quantitative estimate of drug-likeness (QED) is 0.776. The van der Waals surface area contributed by atoms with Gasteiger partial charge in [-0.1, -0.05) is 0 Å². The van der Waals surface area contributed by atoms with Crippen LogP contribution in [0, 0.1) is 0 Å². The zero-order chi connectivity index (χ0) is 14.7. The molecule has 6 heteroatoms. The van der Waals surface area contributed by atoms with Gasteiger partial charge in [0.05, 0.1) is 18.5 Å². The molecule has 0 spiro atoms. The van der Waals surface area contributed by atoms with Crippen molar-refractivity contribution < 1.29 is 13.9 Å². The second kappa shape index (κ2) is 5.70. The van der Waals surface area contributed by atoms with Crippen LogP contribution in [-0.4, -0.2) is 16.6 Å². The highest BCUT2D eigenvalue weighted by Crippen LogP contribution is 2.20. The predicted molar refractivity (Wildman–Crippen MR) is 78.2 cm³/mol. The number of hydrogen-bond acceptors (Lipinski definition) is 6. The van der Waals surface area contributed by atoms with Crippen molar-refractivity contribution in [3.05, 3.63) is 42.4 Å². The summed E-state index contributed by atoms with van der Waals surface area (Å²) >= 11 is 0. The molecule has 0 fully saturated rings. The van der Waals surface area contributed by atoms with Crippen LogP contribution in [0.5, 0.6) is 11.5 Å². The standard InChI is InChI=1S/C15H15N3O3/c1-2-19-11-3-5-12(6-4-11)20-9-14-18-13-7-10(16)8-17-15(13)21-14/h3-8H,2,9,16H2,1H3. The number of pyridine rings is 1. The fourth-order valence-electron chi connectivity index (χ4n) is 1.89. The minimum Gasteiger partial charge on any atom is -0.494 e. The number of hydrogen-bond donors (Lipinski definition) is 1. The van der Waals surface area contributed by atoms with Crippen LogP contribution < -0.4 is 15.2 Å². The van der Waals surface area contributed by atoms with Crippen molar-refractivity contribution in [3.63, 3.8) is 0 Å². The third-order valence-corrected chi connectivity index (χ3v) is 2.81. The van der Waals surface area contributed by atoms with Crippen LogP contribution in [0.15, 0.2) is 40.9 Å². The van der Waals surface area contributed by atoms with Crippen LogP contribution in [-0.2, 0) is 6.61 Å². The fraction of sp³-hybridized carbons (Fsp3) is 0.200. The summed E-state index contributed by atoms with van der Waals surface area (Å²) in [5, 5.41) is 0. The average Bonchev–Trinajstić information content (AvgIpc) is 2.89. The number of ether oxygens (including phenoxy) is 2. The first kappa shape index (κ1) is 13.2. The molecule has 0 unspecified atom stereocenters. The molecule has 3 aromatic rings. The van der Waals surface area contributed by atoms with Gasteiger partial charge < -0.3 is 19.6 Å². The van der Waals surface area contributed by atoms with Crippen molar-refractivity contribution in [3.8, 4) is 11.5 Å². The van der Waals surface area contributed by atoms with Gasteiger partial charge in [0.25, 0.3) is 0 Å². The maximum absolute atomic E-state index is 5.65. The van der Waals surface area contributed by atoms with E-state index < -0.39 is 0 Å². The number of benzene rings is 1. The summed E-state index contributed by atoms with van der Waals surface area (Å²) in [6.07, 6.45) is 1.53. The molecule has 2 heterocycles. The lowest BCUT2D eigenvalue weighted by atomic mass is 10.3. The molecule has 6 nitrogen and oxygen atoms in total. The Morgan fingerprint density at radius 1 is 1.14 bits per heavy atom. The Labute approximate surface area is 121 Å². The molecule has 2 aromatic heterocycles. The third-order valence-electron chi connectivity index (χ3n) is 2.81. The summed E-state index contributed by atoms with van der Waals surface area (Å²) in [6, 6.07) is 9.10. The van der Waals surface area contributed by atoms with Crippen molar-refractivity contribution in [2.24, 2.45) is 0 Å². The van der Waals surface area contributed by atoms with Gasteiger partial charge in [0, 0.05) is 0 Å². The number of nitrogens with zero attached hydrogens (tertiary/aromatic N) is 2. The normalized spacial score (nSPS) is 10.7. The van der Waals surface area contributed by atoms with Crippen molar-refractivity contribution >= 4 is 16.9 Å². The zero-order valence-electron chi connectivity index (χ0n) is 11.6. The summed E-state index contributed by atoms with van der Waals surface area (Å²) < 4.78 is 16.5. The second-order valence-corrected chi connectivity index (χ2v) is 4.39. The van der Waals surface area contributed by atoms with Crippen molar-refractivity contribution in [2.75, 3.05) is 12.3 Å². The first-order valence-electron chi connectivity index (χ1n) is 6.61. The lowest BCUT2D eigenvalue weighted by Gasteiger charge is -2.05. The first-order valence-corrected chi connectivity index (χ1v) is 6.61. The molecule has 21 heavy (non-hydrogen) atoms. The molecule has 0 saturated carbocycles. The van der Waals surface area contributed by atoms with Crippen LogP contribution in [0.1, 0.15) is 12.8 Å². The second-order valence-electron chi connectivity index (χ2n) is 4.39. The lowest BCUT2D eigenvalue weighted by Crippen LogP contribution is -1.96. The molecule has 0 bridgehead atoms. The fourth-order valence-corrected chi connectivity index (χ4v) is 1.89. The highest BCUT2D eigenvalue weighted by molar-refractivity contribution is 5.71. The Kier molecular flexibility index (Phi) is 3.59. The molecule has 0 aliphatic heterocycles. The topological polar surface area (TPSA) is 83.4 Å². The van der Waals surface area contributed by atoms with Crippen LogP contribution in [0.2, 0.25) is 0 Å². The van der Waals surface area contributed by atoms with E-state index >= 15 is 0 Å². The Bertz CT molecular complexity index is 738. The molecular weight excluding hydrogens is 270 g/mol. The summed E-state index contributed by atoms with van der Waals surface area (Å²) in [4.78, 5) is 8.34. The van der Waals surface area contributed by atoms with Gasteiger partial charge in [-0.25, -0.2) is 9.97 Å². The van der Waals surface area contributed by atoms with E-state index in [-0.39, 0.29) is 6.61 Å². The number of oxazole rings is 1. The van der Waals surface area contributed by atoms with E-state index in [2.05, 4.69) is 9.97 Å². The lowest BCUT2D eigenvalue weighted by molar-refractivity contribution is 0.266. The molecule has 0 aliphatic rings. The van der Waals surface area contributed by atoms with Crippen molar-refractivity contribution in [1.82, 2.24) is 9.97 Å². The van der Waals surface area contributed by atoms with Gasteiger partial charge >= 0.3 is 0 Å². The van der Waals surface area contributed by atoms with Gasteiger partial charge in [-0.05, 0) is 37.3 Å². The van der Waals surface area contributed by atoms with Crippen molar-refractivity contribution in [1.29, 1.82) is 0 Å². The first-order chi connectivity index (χ1) is 10.2. The van der Waals surface area contributed by atoms with E-state index in [0.29, 0.717) is 35.2 Å². The molecular formula is C15H15N3O3. The summed E-state index contributed by atoms with van der Waals surface area (Å²) in [7, 11) is 0. The molecule has 3 rings (SSSR count). The van der Waals surface area contributed by atoms with Gasteiger partial charge in [0.1, 0.15) is 17.0 Å². The SMILES string of the molecule is CCOc1ccc(OCc2nc3cc(N)cnc3o2)cc1. The predicted octanol–water partition coefficient (Wildman–Crippen LogP) is 2.78. The maximum atomic E-state index is 5.65. The number of fused-ring (bicyclic) bond motifs is 1. The monoisotopic (exact) mass is 285 g/mol. The van der Waals surface area contributed by atoms with E-state index in [1.54, 1.807) is 6.07 Å². The van der Waals surface area contributed by atoms with Crippen LogP contribution >= 0.6 is 0 Å². The largest absolute Gasteiger partial charge is 0.494 e. The molecule has 0 saturated heterocycles. The highest BCUT2D eigenvalue weighted by atomic mass is 16.5. The van der Waals surface area contributed by atoms with E-state index in [1.807, 2.05) is 31.2 Å². The number of aromatic nitrogens is 2. The van der Waals surface area contributed by atoms with Gasteiger partial charge in [0.15, 0.2) is 6.61 Å². The number of nitrogen functional groups attached to an aromatic ring is 1. The average molecular weight is 285 g/mol. The molecule has 1 aromatic carbocycles. The molecule has 0 radical (unpaired) electrons. The number of anilines is 1. The number of nitrogens with two attached hydrogens (primary N) is 1. The summed E-state index contributed by atoms with van der Waals surface area (Å²) in [6.45, 7) is 2.81. The van der Waals surface area contributed by atoms with Gasteiger partial charge in [-0.3, -0.25) is 0 Å². The van der Waals surface area contributed by atoms with Crippen LogP contribution in [0.3, 0.4) is 0 Å². The number of rotatable bonds is 5. The Morgan fingerprint density at radius 2 is 1.86 bits per heavy atom. The van der Waals surface area contributed by atoms with E-state index in [4.69, 9.17) is 19.6 Å². The van der Waals surface area contributed by atoms with E-state index in [1.165, 1.54) is 6.20 Å².